The molecule has 1 fully saturated rings. The van der Waals surface area contributed by atoms with Gasteiger partial charge < -0.3 is 15.0 Å². The number of anilines is 2. The predicted molar refractivity (Wildman–Crippen MR) is 82.6 cm³/mol. The number of ether oxygens (including phenoxy) is 1. The Morgan fingerprint density at radius 3 is 2.50 bits per heavy atom. The van der Waals surface area contributed by atoms with Gasteiger partial charge in [-0.1, -0.05) is 13.8 Å². The van der Waals surface area contributed by atoms with Crippen molar-refractivity contribution in [1.29, 1.82) is 0 Å². The molecule has 0 amide bonds. The third-order valence-electron chi connectivity index (χ3n) is 4.42. The number of nitrogens with zero attached hydrogens (tertiary/aromatic N) is 3. The number of aromatic nitrogens is 2. The van der Waals surface area contributed by atoms with Crippen molar-refractivity contribution in [3.63, 3.8) is 0 Å². The van der Waals surface area contributed by atoms with Gasteiger partial charge in [0.2, 0.25) is 5.75 Å². The summed E-state index contributed by atoms with van der Waals surface area (Å²) in [6.45, 7) is 4.71. The van der Waals surface area contributed by atoms with Crippen LogP contribution in [0.1, 0.15) is 39.5 Å². The van der Waals surface area contributed by atoms with E-state index in [0.29, 0.717) is 11.5 Å². The molecule has 1 aromatic rings. The molecule has 112 valence electrons. The Morgan fingerprint density at radius 2 is 1.95 bits per heavy atom. The summed E-state index contributed by atoms with van der Waals surface area (Å²) in [6, 6.07) is 0.525. The summed E-state index contributed by atoms with van der Waals surface area (Å²) in [7, 11) is 5.62. The smallest absolute Gasteiger partial charge is 0.204 e. The van der Waals surface area contributed by atoms with Crippen molar-refractivity contribution in [1.82, 2.24) is 9.97 Å². The fourth-order valence-electron chi connectivity index (χ4n) is 2.93. The summed E-state index contributed by atoms with van der Waals surface area (Å²) in [4.78, 5) is 10.9. The van der Waals surface area contributed by atoms with Crippen molar-refractivity contribution in [2.45, 2.75) is 45.6 Å². The number of methoxy groups -OCH3 is 1. The first kappa shape index (κ1) is 14.9. The topological polar surface area (TPSA) is 50.3 Å². The highest BCUT2D eigenvalue weighted by atomic mass is 16.5. The molecular weight excluding hydrogens is 252 g/mol. The number of hydrogen-bond acceptors (Lipinski definition) is 5. The van der Waals surface area contributed by atoms with Crippen LogP contribution in [0.2, 0.25) is 0 Å². The third kappa shape index (κ3) is 2.97. The zero-order valence-electron chi connectivity index (χ0n) is 13.2. The van der Waals surface area contributed by atoms with E-state index in [9.17, 15) is 0 Å². The number of hydrogen-bond donors (Lipinski definition) is 1. The van der Waals surface area contributed by atoms with Crippen LogP contribution in [0.4, 0.5) is 11.6 Å². The van der Waals surface area contributed by atoms with Gasteiger partial charge in [-0.3, -0.25) is 0 Å². The maximum absolute atomic E-state index is 5.49. The first-order valence-corrected chi connectivity index (χ1v) is 7.28. The van der Waals surface area contributed by atoms with Crippen LogP contribution in [0.5, 0.6) is 5.75 Å². The summed E-state index contributed by atoms with van der Waals surface area (Å²) in [5.74, 6) is 2.33. The van der Waals surface area contributed by atoms with E-state index in [2.05, 4.69) is 41.1 Å². The van der Waals surface area contributed by atoms with Crippen LogP contribution < -0.4 is 15.0 Å². The molecule has 0 bridgehead atoms. The van der Waals surface area contributed by atoms with Crippen LogP contribution in [0.25, 0.3) is 0 Å². The van der Waals surface area contributed by atoms with Gasteiger partial charge >= 0.3 is 0 Å². The molecule has 0 aliphatic heterocycles. The lowest BCUT2D eigenvalue weighted by molar-refractivity contribution is 0.222. The molecule has 1 saturated carbocycles. The maximum atomic E-state index is 5.49. The van der Waals surface area contributed by atoms with Crippen LogP contribution in [0.15, 0.2) is 6.33 Å². The minimum atomic E-state index is 0.475. The van der Waals surface area contributed by atoms with Crippen molar-refractivity contribution in [3.05, 3.63) is 6.33 Å². The van der Waals surface area contributed by atoms with Crippen molar-refractivity contribution < 1.29 is 4.74 Å². The fourth-order valence-corrected chi connectivity index (χ4v) is 2.93. The van der Waals surface area contributed by atoms with Crippen molar-refractivity contribution >= 4 is 11.6 Å². The number of nitrogens with one attached hydrogen (secondary N) is 1. The lowest BCUT2D eigenvalue weighted by Gasteiger charge is -2.39. The molecule has 1 aromatic heterocycles. The van der Waals surface area contributed by atoms with E-state index >= 15 is 0 Å². The molecule has 5 nitrogen and oxygen atoms in total. The molecule has 0 radical (unpaired) electrons. The Kier molecular flexibility index (Phi) is 4.35. The van der Waals surface area contributed by atoms with Crippen LogP contribution in [0.3, 0.4) is 0 Å². The second-order valence-electron chi connectivity index (χ2n) is 6.34. The van der Waals surface area contributed by atoms with Crippen molar-refractivity contribution in [2.75, 3.05) is 31.4 Å². The molecule has 0 aromatic carbocycles. The summed E-state index contributed by atoms with van der Waals surface area (Å²) in [5, 5.41) is 3.05. The molecule has 0 spiro atoms. The predicted octanol–water partition coefficient (Wildman–Crippen LogP) is 2.93. The van der Waals surface area contributed by atoms with E-state index < -0.39 is 0 Å². The zero-order chi connectivity index (χ0) is 14.8. The van der Waals surface area contributed by atoms with Gasteiger partial charge in [0.25, 0.3) is 0 Å². The van der Waals surface area contributed by atoms with Gasteiger partial charge in [-0.15, -0.1) is 0 Å². The van der Waals surface area contributed by atoms with Gasteiger partial charge in [-0.05, 0) is 31.1 Å². The van der Waals surface area contributed by atoms with Gasteiger partial charge in [0.15, 0.2) is 11.6 Å². The highest BCUT2D eigenvalue weighted by molar-refractivity contribution is 5.64. The third-order valence-corrected chi connectivity index (χ3v) is 4.42. The van der Waals surface area contributed by atoms with Crippen molar-refractivity contribution in [2.24, 2.45) is 5.41 Å². The SMILES string of the molecule is CNc1ncnc(N(C)C2CCC(C)(C)CC2)c1OC. The van der Waals surface area contributed by atoms with Gasteiger partial charge in [-0.2, -0.15) is 0 Å². The quantitative estimate of drug-likeness (QED) is 0.917. The zero-order valence-corrected chi connectivity index (χ0v) is 13.2. The molecule has 5 heteroatoms. The fraction of sp³-hybridized carbons (Fsp3) is 0.733. The van der Waals surface area contributed by atoms with Gasteiger partial charge in [0.05, 0.1) is 7.11 Å². The first-order chi connectivity index (χ1) is 9.48. The summed E-state index contributed by atoms with van der Waals surface area (Å²) in [5.41, 5.74) is 0.475. The Morgan fingerprint density at radius 1 is 1.30 bits per heavy atom. The van der Waals surface area contributed by atoms with Crippen LogP contribution in [-0.2, 0) is 0 Å². The largest absolute Gasteiger partial charge is 0.490 e. The van der Waals surface area contributed by atoms with E-state index in [1.807, 2.05) is 7.05 Å². The molecular formula is C15H26N4O. The van der Waals surface area contributed by atoms with Crippen LogP contribution in [-0.4, -0.2) is 37.2 Å². The normalized spacial score (nSPS) is 18.6. The minimum absolute atomic E-state index is 0.475. The summed E-state index contributed by atoms with van der Waals surface area (Å²) < 4.78 is 5.49. The molecule has 0 saturated heterocycles. The maximum Gasteiger partial charge on any atom is 0.204 e. The Bertz CT molecular complexity index is 451. The highest BCUT2D eigenvalue weighted by Crippen LogP contribution is 2.39. The summed E-state index contributed by atoms with van der Waals surface area (Å²) in [6.07, 6.45) is 6.51. The molecule has 0 unspecified atom stereocenters. The van der Waals surface area contributed by atoms with E-state index in [1.165, 1.54) is 25.7 Å². The first-order valence-electron chi connectivity index (χ1n) is 7.28. The van der Waals surface area contributed by atoms with E-state index in [1.54, 1.807) is 13.4 Å². The minimum Gasteiger partial charge on any atom is -0.490 e. The lowest BCUT2D eigenvalue weighted by Crippen LogP contribution is -2.37. The molecule has 0 atom stereocenters. The van der Waals surface area contributed by atoms with Crippen LogP contribution in [0, 0.1) is 5.41 Å². The molecule has 1 aliphatic rings. The molecule has 1 N–H and O–H groups in total. The average molecular weight is 278 g/mol. The Balaban J connectivity index is 2.19. The number of rotatable bonds is 4. The Hall–Kier alpha value is -1.52. The molecule has 1 aliphatic carbocycles. The molecule has 1 heterocycles. The van der Waals surface area contributed by atoms with Gasteiger partial charge in [-0.25, -0.2) is 9.97 Å². The monoisotopic (exact) mass is 278 g/mol. The van der Waals surface area contributed by atoms with Crippen LogP contribution >= 0.6 is 0 Å². The second kappa shape index (κ2) is 5.85. The lowest BCUT2D eigenvalue weighted by atomic mass is 9.75. The average Bonchev–Trinajstić information content (AvgIpc) is 2.45. The van der Waals surface area contributed by atoms with E-state index in [0.717, 1.165) is 17.4 Å². The molecule has 20 heavy (non-hydrogen) atoms. The second-order valence-corrected chi connectivity index (χ2v) is 6.34. The van der Waals surface area contributed by atoms with E-state index in [4.69, 9.17) is 4.74 Å². The highest BCUT2D eigenvalue weighted by Gasteiger charge is 2.30. The standard InChI is InChI=1S/C15H26N4O/c1-15(2)8-6-11(7-9-15)19(4)14-12(20-5)13(16-3)17-10-18-14/h10-11H,6-9H2,1-5H3,(H,16,17,18). The Labute approximate surface area is 121 Å². The summed E-state index contributed by atoms with van der Waals surface area (Å²) >= 11 is 0. The molecule has 2 rings (SSSR count). The van der Waals surface area contributed by atoms with E-state index in [-0.39, 0.29) is 0 Å². The van der Waals surface area contributed by atoms with Gasteiger partial charge in [0.1, 0.15) is 6.33 Å². The van der Waals surface area contributed by atoms with Gasteiger partial charge in [0, 0.05) is 20.1 Å². The van der Waals surface area contributed by atoms with Crippen molar-refractivity contribution in [3.8, 4) is 5.75 Å².